The van der Waals surface area contributed by atoms with Gasteiger partial charge in [0.2, 0.25) is 11.8 Å². The molecule has 6 nitrogen and oxygen atoms in total. The van der Waals surface area contributed by atoms with Gasteiger partial charge in [0.1, 0.15) is 0 Å². The molecular formula is C28H34F3N3O3S. The zero-order valence-electron chi connectivity index (χ0n) is 21.4. The van der Waals surface area contributed by atoms with Gasteiger partial charge in [-0.25, -0.2) is 0 Å². The van der Waals surface area contributed by atoms with Crippen molar-refractivity contribution >= 4 is 23.6 Å². The minimum absolute atomic E-state index is 0.121. The third-order valence-electron chi connectivity index (χ3n) is 7.62. The number of ether oxygens (including phenoxy) is 1. The molecule has 1 N–H and O–H groups in total. The minimum Gasteiger partial charge on any atom is -0.378 e. The molecule has 2 atom stereocenters. The van der Waals surface area contributed by atoms with E-state index < -0.39 is 11.7 Å². The number of morpholine rings is 1. The molecule has 0 bridgehead atoms. The predicted molar refractivity (Wildman–Crippen MR) is 139 cm³/mol. The summed E-state index contributed by atoms with van der Waals surface area (Å²) in [5.41, 5.74) is 0.926. The molecule has 2 unspecified atom stereocenters. The lowest BCUT2D eigenvalue weighted by Crippen LogP contribution is -2.35. The van der Waals surface area contributed by atoms with Crippen LogP contribution in [-0.4, -0.2) is 67.6 Å². The largest absolute Gasteiger partial charge is 0.417 e. The number of amides is 2. The van der Waals surface area contributed by atoms with Gasteiger partial charge in [0.15, 0.2) is 0 Å². The van der Waals surface area contributed by atoms with Crippen LogP contribution < -0.4 is 5.32 Å². The van der Waals surface area contributed by atoms with Crippen LogP contribution in [0, 0.1) is 5.92 Å². The van der Waals surface area contributed by atoms with E-state index in [0.717, 1.165) is 43.1 Å². The number of hydrogen-bond acceptors (Lipinski definition) is 5. The maximum absolute atomic E-state index is 14.2. The average molecular weight is 550 g/mol. The quantitative estimate of drug-likeness (QED) is 0.443. The van der Waals surface area contributed by atoms with E-state index in [4.69, 9.17) is 4.74 Å². The number of hydrogen-bond donors (Lipinski definition) is 1. The van der Waals surface area contributed by atoms with Crippen molar-refractivity contribution in [1.29, 1.82) is 0 Å². The number of nitrogens with zero attached hydrogens (tertiary/aromatic N) is 2. The number of allylic oxidation sites excluding steroid dienone is 3. The molecule has 5 rings (SSSR count). The zero-order valence-corrected chi connectivity index (χ0v) is 22.2. The summed E-state index contributed by atoms with van der Waals surface area (Å²) in [6.45, 7) is 4.56. The maximum atomic E-state index is 14.2. The first-order valence-corrected chi connectivity index (χ1v) is 14.3. The fraction of sp³-hybridized carbons (Fsp3) is 0.571. The second-order valence-corrected chi connectivity index (χ2v) is 11.4. The number of benzene rings is 1. The van der Waals surface area contributed by atoms with Gasteiger partial charge in [-0.2, -0.15) is 13.2 Å². The highest BCUT2D eigenvalue weighted by atomic mass is 32.2. The Morgan fingerprint density at radius 2 is 1.97 bits per heavy atom. The number of thioether (sulfide) groups is 1. The van der Waals surface area contributed by atoms with Crippen molar-refractivity contribution in [2.45, 2.75) is 55.5 Å². The second-order valence-electron chi connectivity index (χ2n) is 10.3. The van der Waals surface area contributed by atoms with E-state index in [1.165, 1.54) is 17.8 Å². The number of halogens is 3. The van der Waals surface area contributed by atoms with Crippen LogP contribution >= 0.6 is 11.8 Å². The molecule has 206 valence electrons. The van der Waals surface area contributed by atoms with E-state index >= 15 is 0 Å². The molecule has 38 heavy (non-hydrogen) atoms. The van der Waals surface area contributed by atoms with Gasteiger partial charge >= 0.3 is 6.18 Å². The molecule has 2 aliphatic heterocycles. The molecule has 1 saturated carbocycles. The molecular weight excluding hydrogens is 515 g/mol. The number of rotatable bonds is 9. The molecule has 0 radical (unpaired) electrons. The number of nitrogens with one attached hydrogen (secondary N) is 1. The fourth-order valence-corrected chi connectivity index (χ4v) is 6.66. The van der Waals surface area contributed by atoms with Gasteiger partial charge in [-0.15, -0.1) is 0 Å². The Morgan fingerprint density at radius 1 is 1.16 bits per heavy atom. The van der Waals surface area contributed by atoms with E-state index in [2.05, 4.69) is 16.3 Å². The first kappa shape index (κ1) is 27.1. The third kappa shape index (κ3) is 6.39. The van der Waals surface area contributed by atoms with Gasteiger partial charge in [0, 0.05) is 60.6 Å². The van der Waals surface area contributed by atoms with Crippen LogP contribution in [0.15, 0.2) is 45.8 Å². The molecule has 2 saturated heterocycles. The molecule has 2 amide bonds. The Hall–Kier alpha value is -2.46. The SMILES string of the molecule is O=C(NCCCN1CCCC1=O)C1CC1c1ccc(SC2=C(N3CCOCC3)C=CCC2)c(C(F)(F)F)c1. The van der Waals surface area contributed by atoms with Gasteiger partial charge in [-0.1, -0.05) is 23.9 Å². The number of alkyl halides is 3. The summed E-state index contributed by atoms with van der Waals surface area (Å²) in [4.78, 5) is 29.5. The number of likely N-dealkylation sites (tertiary alicyclic amines) is 1. The van der Waals surface area contributed by atoms with Crippen molar-refractivity contribution in [2.24, 2.45) is 5.92 Å². The van der Waals surface area contributed by atoms with Crippen LogP contribution in [0.5, 0.6) is 0 Å². The molecule has 2 heterocycles. The molecule has 1 aromatic carbocycles. The molecule has 0 spiro atoms. The minimum atomic E-state index is -4.48. The topological polar surface area (TPSA) is 61.9 Å². The summed E-state index contributed by atoms with van der Waals surface area (Å²) >= 11 is 1.21. The Morgan fingerprint density at radius 3 is 2.71 bits per heavy atom. The van der Waals surface area contributed by atoms with Crippen LogP contribution in [0.25, 0.3) is 0 Å². The van der Waals surface area contributed by atoms with E-state index in [1.807, 2.05) is 11.0 Å². The second kappa shape index (κ2) is 11.7. The van der Waals surface area contributed by atoms with Crippen molar-refractivity contribution in [3.8, 4) is 0 Å². The van der Waals surface area contributed by atoms with Crippen LogP contribution in [0.3, 0.4) is 0 Å². The Kier molecular flexibility index (Phi) is 8.38. The maximum Gasteiger partial charge on any atom is 0.417 e. The van der Waals surface area contributed by atoms with Crippen LogP contribution in [0.4, 0.5) is 13.2 Å². The third-order valence-corrected chi connectivity index (χ3v) is 8.86. The van der Waals surface area contributed by atoms with Crippen LogP contribution in [0.2, 0.25) is 0 Å². The normalized spacial score (nSPS) is 23.8. The molecule has 4 aliphatic rings. The smallest absolute Gasteiger partial charge is 0.378 e. The van der Waals surface area contributed by atoms with E-state index in [9.17, 15) is 22.8 Å². The van der Waals surface area contributed by atoms with Crippen molar-refractivity contribution in [3.05, 3.63) is 52.1 Å². The summed E-state index contributed by atoms with van der Waals surface area (Å²) < 4.78 is 47.9. The van der Waals surface area contributed by atoms with Crippen LogP contribution in [0.1, 0.15) is 55.6 Å². The monoisotopic (exact) mass is 549 g/mol. The standard InChI is InChI=1S/C28H34F3N3O3S/c29-28(30,31)22-17-19(20-18-21(20)27(36)32-10-4-12-34-11-3-7-26(34)35)8-9-24(22)38-25-6-2-1-5-23(25)33-13-15-37-16-14-33/h1,5,8-9,17,20-21H,2-4,6-7,10-16,18H2,(H,32,36). The van der Waals surface area contributed by atoms with E-state index in [1.54, 1.807) is 12.1 Å². The lowest BCUT2D eigenvalue weighted by Gasteiger charge is -2.32. The van der Waals surface area contributed by atoms with Gasteiger partial charge in [0.05, 0.1) is 18.8 Å². The summed E-state index contributed by atoms with van der Waals surface area (Å²) in [6, 6.07) is 4.57. The van der Waals surface area contributed by atoms with Gasteiger partial charge in [0.25, 0.3) is 0 Å². The average Bonchev–Trinajstić information content (AvgIpc) is 3.61. The molecule has 10 heteroatoms. The first-order valence-electron chi connectivity index (χ1n) is 13.5. The fourth-order valence-electron chi connectivity index (χ4n) is 5.45. The highest BCUT2D eigenvalue weighted by Gasteiger charge is 2.45. The van der Waals surface area contributed by atoms with Gasteiger partial charge in [-0.05, 0) is 61.8 Å². The summed E-state index contributed by atoms with van der Waals surface area (Å²) in [5.74, 6) is -0.462. The van der Waals surface area contributed by atoms with E-state index in [-0.39, 0.29) is 28.5 Å². The molecule has 1 aromatic rings. The molecule has 2 aliphatic carbocycles. The molecule has 3 fully saturated rings. The van der Waals surface area contributed by atoms with Crippen molar-refractivity contribution < 1.29 is 27.5 Å². The predicted octanol–water partition coefficient (Wildman–Crippen LogP) is 4.92. The first-order chi connectivity index (χ1) is 18.3. The number of carbonyl (C=O) groups is 2. The van der Waals surface area contributed by atoms with Crippen molar-refractivity contribution in [2.75, 3.05) is 45.9 Å². The van der Waals surface area contributed by atoms with Crippen LogP contribution in [-0.2, 0) is 20.5 Å². The lowest BCUT2D eigenvalue weighted by molar-refractivity contribution is -0.139. The molecule has 0 aromatic heterocycles. The summed E-state index contributed by atoms with van der Waals surface area (Å²) in [6.07, 6.45) is 3.84. The van der Waals surface area contributed by atoms with Crippen molar-refractivity contribution in [3.63, 3.8) is 0 Å². The van der Waals surface area contributed by atoms with Crippen molar-refractivity contribution in [1.82, 2.24) is 15.1 Å². The zero-order chi connectivity index (χ0) is 26.7. The summed E-state index contributed by atoms with van der Waals surface area (Å²) in [5, 5.41) is 2.90. The number of carbonyl (C=O) groups excluding carboxylic acids is 2. The van der Waals surface area contributed by atoms with E-state index in [0.29, 0.717) is 57.6 Å². The summed E-state index contributed by atoms with van der Waals surface area (Å²) in [7, 11) is 0. The Bertz CT molecular complexity index is 1110. The highest BCUT2D eigenvalue weighted by molar-refractivity contribution is 8.03. The van der Waals surface area contributed by atoms with Gasteiger partial charge in [-0.3, -0.25) is 9.59 Å². The Balaban J connectivity index is 1.23. The Labute approximate surface area is 225 Å². The van der Waals surface area contributed by atoms with Gasteiger partial charge < -0.3 is 19.9 Å². The highest BCUT2D eigenvalue weighted by Crippen LogP contribution is 2.50. The lowest BCUT2D eigenvalue weighted by atomic mass is 10.0.